The van der Waals surface area contributed by atoms with E-state index >= 15 is 0 Å². The van der Waals surface area contributed by atoms with E-state index in [1.54, 1.807) is 18.3 Å². The van der Waals surface area contributed by atoms with E-state index in [0.29, 0.717) is 17.0 Å². The van der Waals surface area contributed by atoms with Gasteiger partial charge in [0.05, 0.1) is 0 Å². The molecule has 16 heavy (non-hydrogen) atoms. The lowest BCUT2D eigenvalue weighted by atomic mass is 9.87. The van der Waals surface area contributed by atoms with Crippen LogP contribution in [0.15, 0.2) is 18.3 Å². The Labute approximate surface area is 101 Å². The zero-order valence-electron chi connectivity index (χ0n) is 9.23. The number of ether oxygens (including phenoxy) is 1. The second-order valence-corrected chi connectivity index (χ2v) is 5.51. The summed E-state index contributed by atoms with van der Waals surface area (Å²) in [4.78, 5) is 4.20. The van der Waals surface area contributed by atoms with Gasteiger partial charge < -0.3 is 4.74 Å². The van der Waals surface area contributed by atoms with Crippen molar-refractivity contribution in [3.63, 3.8) is 0 Å². The predicted octanol–water partition coefficient (Wildman–Crippen LogP) is 3.69. The van der Waals surface area contributed by atoms with Crippen molar-refractivity contribution >= 4 is 11.6 Å². The number of pyridine rings is 1. The number of aromatic nitrogens is 1. The SMILES string of the molecule is Clc1ccnc(O[C@H]2C[C@@H]3CC[C@@H](C3)C2)c1. The molecule has 1 heterocycles. The molecule has 2 aliphatic carbocycles. The van der Waals surface area contributed by atoms with Gasteiger partial charge in [-0.05, 0) is 37.2 Å². The van der Waals surface area contributed by atoms with Gasteiger partial charge in [-0.25, -0.2) is 4.98 Å². The Bertz CT molecular complexity index is 370. The maximum atomic E-state index is 5.92. The standard InChI is InChI=1S/C13H16ClNO/c14-11-3-4-15-13(8-11)16-12-6-9-1-2-10(5-9)7-12/h3-4,8-10,12H,1-2,5-7H2/t9-,10+,12+. The van der Waals surface area contributed by atoms with Crippen LogP contribution in [0.5, 0.6) is 5.88 Å². The van der Waals surface area contributed by atoms with E-state index < -0.39 is 0 Å². The van der Waals surface area contributed by atoms with Crippen LogP contribution in [0.4, 0.5) is 0 Å². The molecule has 3 rings (SSSR count). The van der Waals surface area contributed by atoms with Crippen LogP contribution in [-0.4, -0.2) is 11.1 Å². The lowest BCUT2D eigenvalue weighted by molar-refractivity contribution is 0.114. The molecule has 2 saturated carbocycles. The average molecular weight is 238 g/mol. The van der Waals surface area contributed by atoms with E-state index in [4.69, 9.17) is 16.3 Å². The zero-order chi connectivity index (χ0) is 11.0. The number of fused-ring (bicyclic) bond motifs is 2. The number of nitrogens with zero attached hydrogens (tertiary/aromatic N) is 1. The molecule has 2 nitrogen and oxygen atoms in total. The molecule has 0 saturated heterocycles. The van der Waals surface area contributed by atoms with Crippen LogP contribution in [0.3, 0.4) is 0 Å². The highest BCUT2D eigenvalue weighted by Gasteiger charge is 2.35. The van der Waals surface area contributed by atoms with Gasteiger partial charge in [-0.3, -0.25) is 0 Å². The molecule has 86 valence electrons. The van der Waals surface area contributed by atoms with Gasteiger partial charge in [-0.2, -0.15) is 0 Å². The molecule has 0 amide bonds. The molecule has 3 heteroatoms. The first kappa shape index (κ1) is 10.4. The minimum Gasteiger partial charge on any atom is -0.474 e. The highest BCUT2D eigenvalue weighted by atomic mass is 35.5. The van der Waals surface area contributed by atoms with Gasteiger partial charge in [0.15, 0.2) is 0 Å². The normalized spacial score (nSPS) is 32.7. The van der Waals surface area contributed by atoms with Crippen LogP contribution in [0, 0.1) is 11.8 Å². The summed E-state index contributed by atoms with van der Waals surface area (Å²) < 4.78 is 5.92. The van der Waals surface area contributed by atoms with Crippen molar-refractivity contribution < 1.29 is 4.74 Å². The summed E-state index contributed by atoms with van der Waals surface area (Å²) >= 11 is 5.91. The Morgan fingerprint density at radius 2 is 1.94 bits per heavy atom. The summed E-state index contributed by atoms with van der Waals surface area (Å²) in [5.74, 6) is 2.46. The van der Waals surface area contributed by atoms with E-state index in [1.807, 2.05) is 0 Å². The quantitative estimate of drug-likeness (QED) is 0.783. The molecule has 0 aliphatic heterocycles. The van der Waals surface area contributed by atoms with Crippen molar-refractivity contribution in [1.82, 2.24) is 4.98 Å². The summed E-state index contributed by atoms with van der Waals surface area (Å²) in [7, 11) is 0. The predicted molar refractivity (Wildman–Crippen MR) is 63.7 cm³/mol. The molecule has 1 aromatic rings. The Morgan fingerprint density at radius 1 is 1.19 bits per heavy atom. The summed E-state index contributed by atoms with van der Waals surface area (Å²) in [6.07, 6.45) is 8.67. The molecule has 0 radical (unpaired) electrons. The fraction of sp³-hybridized carbons (Fsp3) is 0.615. The first-order valence-electron chi connectivity index (χ1n) is 6.08. The molecule has 0 spiro atoms. The van der Waals surface area contributed by atoms with Gasteiger partial charge in [0.25, 0.3) is 0 Å². The summed E-state index contributed by atoms with van der Waals surface area (Å²) in [6, 6.07) is 3.58. The molecular formula is C13H16ClNO. The average Bonchev–Trinajstić information content (AvgIpc) is 2.58. The van der Waals surface area contributed by atoms with Gasteiger partial charge in [0, 0.05) is 17.3 Å². The largest absolute Gasteiger partial charge is 0.474 e. The molecule has 0 unspecified atom stereocenters. The molecular weight excluding hydrogens is 222 g/mol. The Morgan fingerprint density at radius 3 is 2.62 bits per heavy atom. The number of hydrogen-bond acceptors (Lipinski definition) is 2. The van der Waals surface area contributed by atoms with Gasteiger partial charge in [0.2, 0.25) is 5.88 Å². The highest BCUT2D eigenvalue weighted by Crippen LogP contribution is 2.42. The topological polar surface area (TPSA) is 22.1 Å². The number of halogens is 1. The molecule has 2 bridgehead atoms. The van der Waals surface area contributed by atoms with Gasteiger partial charge in [-0.15, -0.1) is 0 Å². The highest BCUT2D eigenvalue weighted by molar-refractivity contribution is 6.30. The van der Waals surface area contributed by atoms with Crippen molar-refractivity contribution in [2.24, 2.45) is 11.8 Å². The fourth-order valence-electron chi connectivity index (χ4n) is 3.16. The fourth-order valence-corrected chi connectivity index (χ4v) is 3.31. The number of hydrogen-bond donors (Lipinski definition) is 0. The third-order valence-electron chi connectivity index (χ3n) is 3.83. The minimum atomic E-state index is 0.359. The zero-order valence-corrected chi connectivity index (χ0v) is 9.99. The minimum absolute atomic E-state index is 0.359. The Hall–Kier alpha value is -0.760. The van der Waals surface area contributed by atoms with Crippen molar-refractivity contribution in [2.45, 2.75) is 38.2 Å². The van der Waals surface area contributed by atoms with Crippen LogP contribution < -0.4 is 4.74 Å². The van der Waals surface area contributed by atoms with Crippen LogP contribution >= 0.6 is 11.6 Å². The van der Waals surface area contributed by atoms with Crippen LogP contribution in [-0.2, 0) is 0 Å². The Balaban J connectivity index is 1.67. The van der Waals surface area contributed by atoms with Crippen molar-refractivity contribution in [3.8, 4) is 5.88 Å². The van der Waals surface area contributed by atoms with E-state index in [9.17, 15) is 0 Å². The van der Waals surface area contributed by atoms with Crippen LogP contribution in [0.2, 0.25) is 5.02 Å². The third-order valence-corrected chi connectivity index (χ3v) is 4.06. The molecule has 1 aromatic heterocycles. The molecule has 2 aliphatic rings. The van der Waals surface area contributed by atoms with Crippen LogP contribution in [0.1, 0.15) is 32.1 Å². The number of rotatable bonds is 2. The van der Waals surface area contributed by atoms with Crippen molar-refractivity contribution in [1.29, 1.82) is 0 Å². The summed E-state index contributed by atoms with van der Waals surface area (Å²) in [6.45, 7) is 0. The molecule has 2 fully saturated rings. The summed E-state index contributed by atoms with van der Waals surface area (Å²) in [5, 5.41) is 0.698. The molecule has 0 N–H and O–H groups in total. The lowest BCUT2D eigenvalue weighted by Crippen LogP contribution is -2.26. The van der Waals surface area contributed by atoms with Crippen molar-refractivity contribution in [2.75, 3.05) is 0 Å². The van der Waals surface area contributed by atoms with Gasteiger partial charge >= 0.3 is 0 Å². The monoisotopic (exact) mass is 237 g/mol. The second kappa shape index (κ2) is 4.25. The molecule has 0 aromatic carbocycles. The second-order valence-electron chi connectivity index (χ2n) is 5.07. The van der Waals surface area contributed by atoms with Gasteiger partial charge in [-0.1, -0.05) is 24.4 Å². The first-order valence-corrected chi connectivity index (χ1v) is 6.45. The first-order chi connectivity index (χ1) is 7.79. The lowest BCUT2D eigenvalue weighted by Gasteiger charge is -2.27. The van der Waals surface area contributed by atoms with E-state index in [0.717, 1.165) is 11.8 Å². The Kier molecular flexibility index (Phi) is 2.76. The smallest absolute Gasteiger partial charge is 0.214 e. The maximum absolute atomic E-state index is 5.92. The van der Waals surface area contributed by atoms with Gasteiger partial charge in [0.1, 0.15) is 6.10 Å². The molecule has 3 atom stereocenters. The maximum Gasteiger partial charge on any atom is 0.214 e. The van der Waals surface area contributed by atoms with E-state index in [2.05, 4.69) is 4.98 Å². The third kappa shape index (κ3) is 2.17. The van der Waals surface area contributed by atoms with E-state index in [1.165, 1.54) is 32.1 Å². The van der Waals surface area contributed by atoms with E-state index in [-0.39, 0.29) is 0 Å². The summed E-state index contributed by atoms with van der Waals surface area (Å²) in [5.41, 5.74) is 0. The van der Waals surface area contributed by atoms with Crippen molar-refractivity contribution in [3.05, 3.63) is 23.4 Å². The van der Waals surface area contributed by atoms with Crippen LogP contribution in [0.25, 0.3) is 0 Å².